The Bertz CT molecular complexity index is 388. The first-order valence-corrected chi connectivity index (χ1v) is 5.43. The Labute approximate surface area is 99.4 Å². The number of rotatable bonds is 6. The number of amides is 2. The SMILES string of the molecule is CCCNC(=O)CNC(=O)Cn1cc(N)cn1. The second-order valence-electron chi connectivity index (χ2n) is 3.60. The molecule has 0 aliphatic rings. The molecular weight excluding hydrogens is 222 g/mol. The van der Waals surface area contributed by atoms with Crippen LogP contribution in [0, 0.1) is 0 Å². The molecule has 0 aliphatic carbocycles. The summed E-state index contributed by atoms with van der Waals surface area (Å²) in [5, 5.41) is 9.02. The number of nitrogens with two attached hydrogens (primary N) is 1. The van der Waals surface area contributed by atoms with Crippen LogP contribution in [0.2, 0.25) is 0 Å². The van der Waals surface area contributed by atoms with Crippen LogP contribution in [-0.2, 0) is 16.1 Å². The molecule has 0 atom stereocenters. The van der Waals surface area contributed by atoms with Crippen molar-refractivity contribution in [3.05, 3.63) is 12.4 Å². The number of carbonyl (C=O) groups is 2. The van der Waals surface area contributed by atoms with Gasteiger partial charge in [-0.25, -0.2) is 0 Å². The maximum atomic E-state index is 11.4. The zero-order valence-corrected chi connectivity index (χ0v) is 9.77. The van der Waals surface area contributed by atoms with E-state index >= 15 is 0 Å². The topological polar surface area (TPSA) is 102 Å². The molecule has 7 heteroatoms. The zero-order chi connectivity index (χ0) is 12.7. The molecule has 7 nitrogen and oxygen atoms in total. The highest BCUT2D eigenvalue weighted by atomic mass is 16.2. The average Bonchev–Trinajstić information content (AvgIpc) is 2.69. The van der Waals surface area contributed by atoms with Crippen molar-refractivity contribution >= 4 is 17.5 Å². The minimum absolute atomic E-state index is 0.0183. The van der Waals surface area contributed by atoms with Crippen LogP contribution < -0.4 is 16.4 Å². The third-order valence-corrected chi connectivity index (χ3v) is 1.98. The molecule has 0 spiro atoms. The quantitative estimate of drug-likeness (QED) is 0.599. The Balaban J connectivity index is 2.23. The van der Waals surface area contributed by atoms with Gasteiger partial charge < -0.3 is 16.4 Å². The van der Waals surface area contributed by atoms with E-state index in [4.69, 9.17) is 5.73 Å². The summed E-state index contributed by atoms with van der Waals surface area (Å²) in [6, 6.07) is 0. The number of aromatic nitrogens is 2. The Hall–Kier alpha value is -2.05. The molecule has 0 unspecified atom stereocenters. The Morgan fingerprint density at radius 1 is 1.41 bits per heavy atom. The molecule has 17 heavy (non-hydrogen) atoms. The van der Waals surface area contributed by atoms with Gasteiger partial charge in [-0.2, -0.15) is 5.10 Å². The molecule has 0 aromatic carbocycles. The molecule has 0 fully saturated rings. The first-order valence-electron chi connectivity index (χ1n) is 5.43. The van der Waals surface area contributed by atoms with E-state index in [0.717, 1.165) is 6.42 Å². The highest BCUT2D eigenvalue weighted by molar-refractivity contribution is 5.84. The van der Waals surface area contributed by atoms with Gasteiger partial charge in [-0.15, -0.1) is 0 Å². The summed E-state index contributed by atoms with van der Waals surface area (Å²) in [7, 11) is 0. The van der Waals surface area contributed by atoms with E-state index in [1.54, 1.807) is 6.20 Å². The van der Waals surface area contributed by atoms with Crippen molar-refractivity contribution in [3.63, 3.8) is 0 Å². The molecule has 94 valence electrons. The predicted octanol–water partition coefficient (Wildman–Crippen LogP) is -0.892. The Kier molecular flexibility index (Phi) is 4.99. The number of hydrogen-bond acceptors (Lipinski definition) is 4. The number of nitrogens with one attached hydrogen (secondary N) is 2. The Morgan fingerprint density at radius 2 is 2.18 bits per heavy atom. The molecule has 1 aromatic rings. The third-order valence-electron chi connectivity index (χ3n) is 1.98. The van der Waals surface area contributed by atoms with E-state index in [9.17, 15) is 9.59 Å². The summed E-state index contributed by atoms with van der Waals surface area (Å²) in [6.07, 6.45) is 3.88. The molecule has 0 radical (unpaired) electrons. The van der Waals surface area contributed by atoms with E-state index in [2.05, 4.69) is 15.7 Å². The maximum absolute atomic E-state index is 11.4. The van der Waals surface area contributed by atoms with Crippen LogP contribution in [0.5, 0.6) is 0 Å². The molecule has 1 heterocycles. The van der Waals surface area contributed by atoms with Crippen molar-refractivity contribution in [2.45, 2.75) is 19.9 Å². The van der Waals surface area contributed by atoms with Crippen molar-refractivity contribution < 1.29 is 9.59 Å². The van der Waals surface area contributed by atoms with Crippen molar-refractivity contribution in [1.82, 2.24) is 20.4 Å². The Morgan fingerprint density at radius 3 is 2.76 bits per heavy atom. The van der Waals surface area contributed by atoms with Gasteiger partial charge in [-0.1, -0.05) is 6.92 Å². The molecule has 1 aromatic heterocycles. The smallest absolute Gasteiger partial charge is 0.242 e. The van der Waals surface area contributed by atoms with Crippen molar-refractivity contribution in [1.29, 1.82) is 0 Å². The van der Waals surface area contributed by atoms with Crippen LogP contribution >= 0.6 is 0 Å². The summed E-state index contributed by atoms with van der Waals surface area (Å²) in [5.41, 5.74) is 5.95. The lowest BCUT2D eigenvalue weighted by Crippen LogP contribution is -2.38. The summed E-state index contributed by atoms with van der Waals surface area (Å²) in [4.78, 5) is 22.6. The van der Waals surface area contributed by atoms with Crippen molar-refractivity contribution in [2.75, 3.05) is 18.8 Å². The minimum Gasteiger partial charge on any atom is -0.396 e. The van der Waals surface area contributed by atoms with Gasteiger partial charge in [-0.3, -0.25) is 14.3 Å². The van der Waals surface area contributed by atoms with Crippen LogP contribution in [0.15, 0.2) is 12.4 Å². The predicted molar refractivity (Wildman–Crippen MR) is 62.9 cm³/mol. The molecule has 0 aliphatic heterocycles. The molecule has 0 saturated heterocycles. The lowest BCUT2D eigenvalue weighted by molar-refractivity contribution is -0.126. The van der Waals surface area contributed by atoms with Gasteiger partial charge in [0.15, 0.2) is 0 Å². The van der Waals surface area contributed by atoms with Gasteiger partial charge in [0.2, 0.25) is 11.8 Å². The summed E-state index contributed by atoms with van der Waals surface area (Å²) in [6.45, 7) is 2.61. The van der Waals surface area contributed by atoms with Crippen LogP contribution in [0.4, 0.5) is 5.69 Å². The van der Waals surface area contributed by atoms with Gasteiger partial charge in [0.25, 0.3) is 0 Å². The first-order chi connectivity index (χ1) is 8.11. The number of anilines is 1. The first kappa shape index (κ1) is 13.0. The van der Waals surface area contributed by atoms with Gasteiger partial charge in [-0.05, 0) is 6.42 Å². The maximum Gasteiger partial charge on any atom is 0.242 e. The van der Waals surface area contributed by atoms with Crippen LogP contribution in [0.25, 0.3) is 0 Å². The fraction of sp³-hybridized carbons (Fsp3) is 0.500. The second-order valence-corrected chi connectivity index (χ2v) is 3.60. The average molecular weight is 239 g/mol. The zero-order valence-electron chi connectivity index (χ0n) is 9.77. The molecule has 1 rings (SSSR count). The molecule has 2 amide bonds. The van der Waals surface area contributed by atoms with E-state index < -0.39 is 0 Å². The normalized spacial score (nSPS) is 9.94. The number of hydrogen-bond donors (Lipinski definition) is 3. The summed E-state index contributed by atoms with van der Waals surface area (Å²) in [5.74, 6) is -0.472. The standard InChI is InChI=1S/C10H17N5O2/c1-2-3-12-9(16)5-13-10(17)7-15-6-8(11)4-14-15/h4,6H,2-3,5,7,11H2,1H3,(H,12,16)(H,13,17). The monoisotopic (exact) mass is 239 g/mol. The molecule has 0 bridgehead atoms. The van der Waals surface area contributed by atoms with E-state index in [1.165, 1.54) is 10.9 Å². The lowest BCUT2D eigenvalue weighted by Gasteiger charge is -2.05. The van der Waals surface area contributed by atoms with Crippen molar-refractivity contribution in [2.24, 2.45) is 0 Å². The van der Waals surface area contributed by atoms with Crippen LogP contribution in [-0.4, -0.2) is 34.7 Å². The molecular formula is C10H17N5O2. The van der Waals surface area contributed by atoms with Crippen molar-refractivity contribution in [3.8, 4) is 0 Å². The fourth-order valence-corrected chi connectivity index (χ4v) is 1.17. The highest BCUT2D eigenvalue weighted by Gasteiger charge is 2.06. The van der Waals surface area contributed by atoms with Gasteiger partial charge in [0, 0.05) is 12.7 Å². The number of nitrogen functional groups attached to an aromatic ring is 1. The number of nitrogens with zero attached hydrogens (tertiary/aromatic N) is 2. The third kappa shape index (κ3) is 5.01. The van der Waals surface area contributed by atoms with Gasteiger partial charge in [0.1, 0.15) is 6.54 Å². The van der Waals surface area contributed by atoms with E-state index in [1.807, 2.05) is 6.92 Å². The van der Waals surface area contributed by atoms with E-state index in [-0.39, 0.29) is 24.9 Å². The fourth-order valence-electron chi connectivity index (χ4n) is 1.17. The highest BCUT2D eigenvalue weighted by Crippen LogP contribution is 1.96. The number of carbonyl (C=O) groups excluding carboxylic acids is 2. The summed E-state index contributed by atoms with van der Waals surface area (Å²) < 4.78 is 1.41. The minimum atomic E-state index is -0.278. The van der Waals surface area contributed by atoms with Gasteiger partial charge >= 0.3 is 0 Å². The van der Waals surface area contributed by atoms with Crippen LogP contribution in [0.1, 0.15) is 13.3 Å². The van der Waals surface area contributed by atoms with Crippen LogP contribution in [0.3, 0.4) is 0 Å². The lowest BCUT2D eigenvalue weighted by atomic mass is 10.4. The molecule has 4 N–H and O–H groups in total. The van der Waals surface area contributed by atoms with Gasteiger partial charge in [0.05, 0.1) is 18.4 Å². The largest absolute Gasteiger partial charge is 0.396 e. The molecule has 0 saturated carbocycles. The van der Waals surface area contributed by atoms with E-state index in [0.29, 0.717) is 12.2 Å². The second kappa shape index (κ2) is 6.51. The summed E-state index contributed by atoms with van der Waals surface area (Å²) >= 11 is 0.